The highest BCUT2D eigenvalue weighted by Crippen LogP contribution is 2.27. The van der Waals surface area contributed by atoms with Crippen molar-refractivity contribution in [1.82, 2.24) is 5.32 Å². The van der Waals surface area contributed by atoms with Gasteiger partial charge in [0.05, 0.1) is 0 Å². The molecule has 0 spiro atoms. The summed E-state index contributed by atoms with van der Waals surface area (Å²) in [6.07, 6.45) is 3.22. The summed E-state index contributed by atoms with van der Waals surface area (Å²) < 4.78 is 1.03. The molecule has 0 aliphatic rings. The second kappa shape index (κ2) is 7.98. The van der Waals surface area contributed by atoms with Crippen LogP contribution in [0, 0.1) is 0 Å². The minimum Gasteiger partial charge on any atom is -0.310 e. The molecule has 1 N–H and O–H groups in total. The number of allylic oxidation sites excluding steroid dienone is 1. The highest BCUT2D eigenvalue weighted by molar-refractivity contribution is 9.10. The van der Waals surface area contributed by atoms with Gasteiger partial charge < -0.3 is 5.32 Å². The lowest BCUT2D eigenvalue weighted by Crippen LogP contribution is -2.22. The Morgan fingerprint density at radius 3 is 2.72 bits per heavy atom. The molecule has 1 atom stereocenters. The average Bonchev–Trinajstić information content (AvgIpc) is 2.27. The fourth-order valence-electron chi connectivity index (χ4n) is 1.87. The molecule has 1 nitrogen and oxygen atoms in total. The third-order valence-corrected chi connectivity index (χ3v) is 3.46. The van der Waals surface area contributed by atoms with E-state index in [1.165, 1.54) is 11.1 Å². The fourth-order valence-corrected chi connectivity index (χ4v) is 2.76. The monoisotopic (exact) mass is 329 g/mol. The maximum absolute atomic E-state index is 6.12. The van der Waals surface area contributed by atoms with E-state index in [1.54, 1.807) is 0 Å². The summed E-state index contributed by atoms with van der Waals surface area (Å²) in [6, 6.07) is 6.44. The summed E-state index contributed by atoms with van der Waals surface area (Å²) in [5.41, 5.74) is 2.46. The Bertz CT molecular complexity index is 383. The van der Waals surface area contributed by atoms with Crippen LogP contribution in [0.15, 0.2) is 34.8 Å². The first-order chi connectivity index (χ1) is 8.52. The first kappa shape index (κ1) is 15.7. The highest BCUT2D eigenvalue weighted by atomic mass is 79.9. The Morgan fingerprint density at radius 1 is 1.44 bits per heavy atom. The van der Waals surface area contributed by atoms with Crippen LogP contribution in [0.25, 0.3) is 0 Å². The van der Waals surface area contributed by atoms with Crippen molar-refractivity contribution in [2.75, 3.05) is 6.54 Å². The molecule has 1 aromatic carbocycles. The molecule has 0 amide bonds. The number of hydrogen-bond donors (Lipinski definition) is 1. The van der Waals surface area contributed by atoms with Crippen LogP contribution in [-0.4, -0.2) is 6.54 Å². The Balaban J connectivity index is 2.82. The zero-order valence-electron chi connectivity index (χ0n) is 11.1. The average molecular weight is 331 g/mol. The minimum atomic E-state index is 0.344. The van der Waals surface area contributed by atoms with Gasteiger partial charge in [0.25, 0.3) is 0 Å². The van der Waals surface area contributed by atoms with Crippen LogP contribution in [0.5, 0.6) is 0 Å². The Morgan fingerprint density at radius 2 is 2.17 bits per heavy atom. The summed E-state index contributed by atoms with van der Waals surface area (Å²) >= 11 is 9.62. The zero-order valence-corrected chi connectivity index (χ0v) is 13.4. The van der Waals surface area contributed by atoms with Crippen LogP contribution in [-0.2, 0) is 0 Å². The van der Waals surface area contributed by atoms with E-state index in [0.29, 0.717) is 6.04 Å². The molecule has 3 heteroatoms. The van der Waals surface area contributed by atoms with E-state index in [-0.39, 0.29) is 0 Å². The third-order valence-electron chi connectivity index (χ3n) is 2.79. The zero-order chi connectivity index (χ0) is 13.5. The molecule has 0 saturated heterocycles. The SMILES string of the molecule is C=C(C)CCC(NCCC)c1cc(Cl)cc(Br)c1. The van der Waals surface area contributed by atoms with Crippen molar-refractivity contribution in [3.63, 3.8) is 0 Å². The molecule has 1 rings (SSSR count). The molecule has 1 unspecified atom stereocenters. The lowest BCUT2D eigenvalue weighted by molar-refractivity contribution is 0.498. The number of halogens is 2. The number of nitrogens with one attached hydrogen (secondary N) is 1. The van der Waals surface area contributed by atoms with Crippen molar-refractivity contribution < 1.29 is 0 Å². The van der Waals surface area contributed by atoms with Gasteiger partial charge in [-0.05, 0) is 56.5 Å². The summed E-state index contributed by atoms with van der Waals surface area (Å²) in [5, 5.41) is 4.35. The Hall–Kier alpha value is -0.310. The van der Waals surface area contributed by atoms with Crippen LogP contribution < -0.4 is 5.32 Å². The predicted molar refractivity (Wildman–Crippen MR) is 84.2 cm³/mol. The standard InChI is InChI=1S/C15H21BrClN/c1-4-7-18-15(6-5-11(2)3)12-8-13(16)10-14(17)9-12/h8-10,15,18H,2,4-7H2,1,3H3. The van der Waals surface area contributed by atoms with E-state index in [9.17, 15) is 0 Å². The van der Waals surface area contributed by atoms with Gasteiger partial charge >= 0.3 is 0 Å². The normalized spacial score (nSPS) is 12.4. The maximum atomic E-state index is 6.12. The van der Waals surface area contributed by atoms with E-state index < -0.39 is 0 Å². The van der Waals surface area contributed by atoms with Crippen molar-refractivity contribution in [3.8, 4) is 0 Å². The molecular formula is C15H21BrClN. The van der Waals surface area contributed by atoms with E-state index in [1.807, 2.05) is 12.1 Å². The third kappa shape index (κ3) is 5.55. The lowest BCUT2D eigenvalue weighted by atomic mass is 10.00. The van der Waals surface area contributed by atoms with Gasteiger partial charge in [-0.2, -0.15) is 0 Å². The van der Waals surface area contributed by atoms with Crippen molar-refractivity contribution in [3.05, 3.63) is 45.4 Å². The van der Waals surface area contributed by atoms with Crippen LogP contribution in [0.4, 0.5) is 0 Å². The molecule has 0 saturated carbocycles. The second-order valence-electron chi connectivity index (χ2n) is 4.71. The van der Waals surface area contributed by atoms with Gasteiger partial charge in [-0.1, -0.05) is 40.0 Å². The number of hydrogen-bond acceptors (Lipinski definition) is 1. The first-order valence-corrected chi connectivity index (χ1v) is 7.53. The Labute approximate surface area is 124 Å². The van der Waals surface area contributed by atoms with Crippen molar-refractivity contribution in [2.24, 2.45) is 0 Å². The maximum Gasteiger partial charge on any atom is 0.0420 e. The van der Waals surface area contributed by atoms with Crippen LogP contribution in [0.2, 0.25) is 5.02 Å². The summed E-state index contributed by atoms with van der Waals surface area (Å²) in [4.78, 5) is 0. The van der Waals surface area contributed by atoms with E-state index in [0.717, 1.165) is 35.3 Å². The van der Waals surface area contributed by atoms with Gasteiger partial charge in [-0.25, -0.2) is 0 Å². The van der Waals surface area contributed by atoms with E-state index >= 15 is 0 Å². The van der Waals surface area contributed by atoms with Crippen LogP contribution in [0.1, 0.15) is 44.7 Å². The van der Waals surface area contributed by atoms with Crippen LogP contribution in [0.3, 0.4) is 0 Å². The largest absolute Gasteiger partial charge is 0.310 e. The molecule has 0 fully saturated rings. The number of rotatable bonds is 7. The molecule has 0 aliphatic carbocycles. The molecule has 0 aromatic heterocycles. The fraction of sp³-hybridized carbons (Fsp3) is 0.467. The van der Waals surface area contributed by atoms with Gasteiger partial charge in [0.2, 0.25) is 0 Å². The van der Waals surface area contributed by atoms with Gasteiger partial charge in [-0.3, -0.25) is 0 Å². The summed E-state index contributed by atoms with van der Waals surface area (Å²) in [6.45, 7) is 9.24. The molecule has 1 aromatic rings. The highest BCUT2D eigenvalue weighted by Gasteiger charge is 2.11. The molecule has 0 radical (unpaired) electrons. The quantitative estimate of drug-likeness (QED) is 0.651. The van der Waals surface area contributed by atoms with Gasteiger partial charge in [0.1, 0.15) is 0 Å². The van der Waals surface area contributed by atoms with E-state index in [2.05, 4.69) is 47.7 Å². The topological polar surface area (TPSA) is 12.0 Å². The predicted octanol–water partition coefficient (Wildman–Crippen LogP) is 5.50. The molecule has 0 bridgehead atoms. The molecule has 18 heavy (non-hydrogen) atoms. The van der Waals surface area contributed by atoms with Gasteiger partial charge in [0.15, 0.2) is 0 Å². The minimum absolute atomic E-state index is 0.344. The second-order valence-corrected chi connectivity index (χ2v) is 6.06. The molecule has 100 valence electrons. The number of benzene rings is 1. The summed E-state index contributed by atoms with van der Waals surface area (Å²) in [7, 11) is 0. The Kier molecular flexibility index (Phi) is 6.98. The van der Waals surface area contributed by atoms with Gasteiger partial charge in [-0.15, -0.1) is 6.58 Å². The van der Waals surface area contributed by atoms with Crippen molar-refractivity contribution >= 4 is 27.5 Å². The van der Waals surface area contributed by atoms with E-state index in [4.69, 9.17) is 11.6 Å². The molecule has 0 heterocycles. The first-order valence-electron chi connectivity index (χ1n) is 6.36. The smallest absolute Gasteiger partial charge is 0.0420 e. The summed E-state index contributed by atoms with van der Waals surface area (Å²) in [5.74, 6) is 0. The van der Waals surface area contributed by atoms with Crippen molar-refractivity contribution in [1.29, 1.82) is 0 Å². The van der Waals surface area contributed by atoms with Crippen LogP contribution >= 0.6 is 27.5 Å². The van der Waals surface area contributed by atoms with Crippen molar-refractivity contribution in [2.45, 2.75) is 39.2 Å². The van der Waals surface area contributed by atoms with Gasteiger partial charge in [0, 0.05) is 15.5 Å². The molecule has 0 aliphatic heterocycles. The molecular weight excluding hydrogens is 310 g/mol. The lowest BCUT2D eigenvalue weighted by Gasteiger charge is -2.19.